The average molecular weight is 198 g/mol. The maximum absolute atomic E-state index is 11.2. The Hall–Kier alpha value is -0.440. The molecule has 1 aliphatic heterocycles. The van der Waals surface area contributed by atoms with Crippen molar-refractivity contribution in [1.29, 1.82) is 0 Å². The Morgan fingerprint density at radius 2 is 2.31 bits per heavy atom. The van der Waals surface area contributed by atoms with Gasteiger partial charge in [-0.05, 0) is 26.2 Å². The van der Waals surface area contributed by atoms with Crippen LogP contribution in [-0.4, -0.2) is 22.6 Å². The summed E-state index contributed by atoms with van der Waals surface area (Å²) < 4.78 is 5.35. The number of hydrogen-bond acceptors (Lipinski definition) is 3. The predicted molar refractivity (Wildman–Crippen MR) is 53.7 cm³/mol. The van der Waals surface area contributed by atoms with E-state index in [1.165, 1.54) is 12.8 Å². The molecule has 3 heteroatoms. The van der Waals surface area contributed by atoms with Crippen LogP contribution in [0.3, 0.4) is 0 Å². The summed E-state index contributed by atoms with van der Waals surface area (Å²) in [6.07, 6.45) is 3.69. The number of hydrogen-bond donors (Lipinski definition) is 0. The maximum Gasteiger partial charge on any atom is 0.333 e. The molecule has 2 rings (SSSR count). The highest BCUT2D eigenvalue weighted by Gasteiger charge is 2.48. The van der Waals surface area contributed by atoms with Crippen molar-refractivity contribution in [3.05, 3.63) is 12.2 Å². The summed E-state index contributed by atoms with van der Waals surface area (Å²) in [6.45, 7) is 5.27. The normalized spacial score (nSPS) is 36.2. The maximum atomic E-state index is 11.2. The average Bonchev–Trinajstić information content (AvgIpc) is 2.83. The molecule has 0 amide bonds. The van der Waals surface area contributed by atoms with Gasteiger partial charge in [0.2, 0.25) is 0 Å². The van der Waals surface area contributed by atoms with E-state index in [1.807, 2.05) is 11.8 Å². The third-order valence-electron chi connectivity index (χ3n) is 2.57. The van der Waals surface area contributed by atoms with Crippen molar-refractivity contribution in [3.8, 4) is 0 Å². The zero-order chi connectivity index (χ0) is 9.42. The van der Waals surface area contributed by atoms with Crippen LogP contribution < -0.4 is 0 Å². The Balaban J connectivity index is 1.87. The Kier molecular flexibility index (Phi) is 2.37. The van der Waals surface area contributed by atoms with Crippen molar-refractivity contribution in [3.63, 3.8) is 0 Å². The zero-order valence-electron chi connectivity index (χ0n) is 7.79. The molecule has 72 valence electrons. The summed E-state index contributed by atoms with van der Waals surface area (Å²) >= 11 is 1.95. The van der Waals surface area contributed by atoms with Gasteiger partial charge in [-0.15, -0.1) is 11.8 Å². The van der Waals surface area contributed by atoms with Crippen LogP contribution in [-0.2, 0) is 9.53 Å². The van der Waals surface area contributed by atoms with E-state index < -0.39 is 0 Å². The second kappa shape index (κ2) is 3.37. The lowest BCUT2D eigenvalue weighted by molar-refractivity contribution is -0.144. The monoisotopic (exact) mass is 198 g/mol. The van der Waals surface area contributed by atoms with Crippen LogP contribution in [0.4, 0.5) is 0 Å². The van der Waals surface area contributed by atoms with Crippen LogP contribution in [0, 0.1) is 0 Å². The van der Waals surface area contributed by atoms with Gasteiger partial charge in [-0.1, -0.05) is 6.58 Å². The van der Waals surface area contributed by atoms with Gasteiger partial charge in [-0.3, -0.25) is 0 Å². The standard InChI is InChI=1S/C10H14O2S/c1-6(2)10(11)12-7-4-3-5-8-9(7)13-8/h7-9H,1,3-5H2,2H3. The smallest absolute Gasteiger partial charge is 0.333 e. The Bertz CT molecular complexity index is 249. The van der Waals surface area contributed by atoms with Crippen molar-refractivity contribution < 1.29 is 9.53 Å². The molecule has 0 aromatic rings. The summed E-state index contributed by atoms with van der Waals surface area (Å²) in [4.78, 5) is 11.2. The fourth-order valence-corrected chi connectivity index (χ4v) is 3.06. The van der Waals surface area contributed by atoms with Crippen molar-refractivity contribution in [2.75, 3.05) is 0 Å². The summed E-state index contributed by atoms with van der Waals surface area (Å²) in [5.74, 6) is -0.224. The molecule has 0 spiro atoms. The highest BCUT2D eigenvalue weighted by Crippen LogP contribution is 2.51. The van der Waals surface area contributed by atoms with Crippen LogP contribution in [0.25, 0.3) is 0 Å². The molecule has 0 aromatic heterocycles. The minimum Gasteiger partial charge on any atom is -0.458 e. The number of ether oxygens (including phenoxy) is 1. The van der Waals surface area contributed by atoms with Gasteiger partial charge in [0, 0.05) is 10.8 Å². The van der Waals surface area contributed by atoms with E-state index in [0.717, 1.165) is 11.7 Å². The molecule has 2 aliphatic rings. The van der Waals surface area contributed by atoms with Gasteiger partial charge < -0.3 is 4.74 Å². The Morgan fingerprint density at radius 3 is 3.00 bits per heavy atom. The topological polar surface area (TPSA) is 26.3 Å². The molecule has 1 saturated carbocycles. The summed E-state index contributed by atoms with van der Waals surface area (Å²) in [5.41, 5.74) is 0.507. The zero-order valence-corrected chi connectivity index (χ0v) is 8.60. The molecule has 2 fully saturated rings. The van der Waals surface area contributed by atoms with E-state index in [0.29, 0.717) is 10.8 Å². The Morgan fingerprint density at radius 1 is 1.54 bits per heavy atom. The summed E-state index contributed by atoms with van der Waals surface area (Å²) in [6, 6.07) is 0. The van der Waals surface area contributed by atoms with Gasteiger partial charge in [-0.2, -0.15) is 0 Å². The largest absolute Gasteiger partial charge is 0.458 e. The van der Waals surface area contributed by atoms with Crippen molar-refractivity contribution in [2.24, 2.45) is 0 Å². The minimum atomic E-state index is -0.224. The second-order valence-corrected chi connectivity index (χ2v) is 5.22. The number of thioether (sulfide) groups is 1. The second-order valence-electron chi connectivity index (χ2n) is 3.79. The van der Waals surface area contributed by atoms with Crippen LogP contribution in [0.1, 0.15) is 26.2 Å². The fraction of sp³-hybridized carbons (Fsp3) is 0.700. The molecule has 1 aliphatic carbocycles. The van der Waals surface area contributed by atoms with Gasteiger partial charge in [0.25, 0.3) is 0 Å². The quantitative estimate of drug-likeness (QED) is 0.386. The van der Waals surface area contributed by atoms with E-state index in [-0.39, 0.29) is 12.1 Å². The molecule has 0 radical (unpaired) electrons. The van der Waals surface area contributed by atoms with Gasteiger partial charge in [0.05, 0.1) is 5.25 Å². The molecule has 1 heterocycles. The SMILES string of the molecule is C=C(C)C(=O)OC1CCCC2SC12. The minimum absolute atomic E-state index is 0.160. The lowest BCUT2D eigenvalue weighted by Crippen LogP contribution is -2.27. The van der Waals surface area contributed by atoms with Crippen LogP contribution in [0.15, 0.2) is 12.2 Å². The van der Waals surface area contributed by atoms with Gasteiger partial charge >= 0.3 is 5.97 Å². The molecule has 0 bridgehead atoms. The van der Waals surface area contributed by atoms with E-state index in [2.05, 4.69) is 6.58 Å². The Labute approximate surface area is 82.7 Å². The first kappa shape index (κ1) is 9.13. The summed E-state index contributed by atoms with van der Waals surface area (Å²) in [5, 5.41) is 1.37. The third kappa shape index (κ3) is 1.90. The van der Waals surface area contributed by atoms with E-state index in [9.17, 15) is 4.79 Å². The van der Waals surface area contributed by atoms with Crippen molar-refractivity contribution in [1.82, 2.24) is 0 Å². The molecule has 0 aromatic carbocycles. The molecule has 13 heavy (non-hydrogen) atoms. The fourth-order valence-electron chi connectivity index (χ4n) is 1.76. The van der Waals surface area contributed by atoms with Gasteiger partial charge in [-0.25, -0.2) is 4.79 Å². The molecule has 3 atom stereocenters. The molecule has 3 unspecified atom stereocenters. The number of fused-ring (bicyclic) bond motifs is 1. The van der Waals surface area contributed by atoms with E-state index in [1.54, 1.807) is 6.92 Å². The highest BCUT2D eigenvalue weighted by molar-refractivity contribution is 8.07. The first-order valence-electron chi connectivity index (χ1n) is 4.70. The number of rotatable bonds is 2. The molecule has 0 N–H and O–H groups in total. The molecular formula is C10H14O2S. The number of esters is 1. The number of carbonyl (C=O) groups excluding carboxylic acids is 1. The number of carbonyl (C=O) groups is 1. The molecular weight excluding hydrogens is 184 g/mol. The highest BCUT2D eigenvalue weighted by atomic mass is 32.2. The first-order chi connectivity index (χ1) is 6.18. The third-order valence-corrected chi connectivity index (χ3v) is 4.08. The van der Waals surface area contributed by atoms with Gasteiger partial charge in [0.1, 0.15) is 6.10 Å². The molecule has 2 nitrogen and oxygen atoms in total. The predicted octanol–water partition coefficient (Wildman–Crippen LogP) is 2.14. The van der Waals surface area contributed by atoms with Crippen LogP contribution >= 0.6 is 11.8 Å². The van der Waals surface area contributed by atoms with Crippen LogP contribution in [0.2, 0.25) is 0 Å². The summed E-state index contributed by atoms with van der Waals surface area (Å²) in [7, 11) is 0. The van der Waals surface area contributed by atoms with E-state index >= 15 is 0 Å². The molecule has 1 saturated heterocycles. The van der Waals surface area contributed by atoms with E-state index in [4.69, 9.17) is 4.74 Å². The van der Waals surface area contributed by atoms with Crippen molar-refractivity contribution in [2.45, 2.75) is 42.8 Å². The first-order valence-corrected chi connectivity index (χ1v) is 5.64. The lowest BCUT2D eigenvalue weighted by Gasteiger charge is -2.20. The van der Waals surface area contributed by atoms with Crippen molar-refractivity contribution >= 4 is 17.7 Å². The lowest BCUT2D eigenvalue weighted by atomic mass is 9.98. The van der Waals surface area contributed by atoms with Gasteiger partial charge in [0.15, 0.2) is 0 Å². The van der Waals surface area contributed by atoms with Crippen LogP contribution in [0.5, 0.6) is 0 Å².